The molecule has 0 bridgehead atoms. The summed E-state index contributed by atoms with van der Waals surface area (Å²) < 4.78 is 6.86. The summed E-state index contributed by atoms with van der Waals surface area (Å²) in [5.41, 5.74) is 6.64. The third-order valence-corrected chi connectivity index (χ3v) is 3.52. The van der Waals surface area contributed by atoms with Crippen LogP contribution in [0.4, 0.5) is 5.69 Å². The van der Waals surface area contributed by atoms with Gasteiger partial charge in [0.25, 0.3) is 0 Å². The third kappa shape index (κ3) is 2.27. The first-order valence-electron chi connectivity index (χ1n) is 5.80. The smallest absolute Gasteiger partial charge is 0.141 e. The molecule has 0 fully saturated rings. The zero-order chi connectivity index (χ0) is 13.2. The van der Waals surface area contributed by atoms with Gasteiger partial charge in [-0.3, -0.25) is 4.98 Å². The van der Waals surface area contributed by atoms with Crippen molar-refractivity contribution in [2.24, 2.45) is 0 Å². The highest BCUT2D eigenvalue weighted by molar-refractivity contribution is 9.10. The highest BCUT2D eigenvalue weighted by atomic mass is 79.9. The molecule has 94 valence electrons. The number of rotatable bonds is 2. The largest absolute Gasteiger partial charge is 0.456 e. The molecule has 0 unspecified atom stereocenters. The molecule has 3 aromatic rings. The van der Waals surface area contributed by atoms with Gasteiger partial charge in [0, 0.05) is 28.9 Å². The molecule has 0 aliphatic rings. The quantitative estimate of drug-likeness (QED) is 0.714. The lowest BCUT2D eigenvalue weighted by molar-refractivity contribution is 0.485. The molecule has 0 amide bonds. The monoisotopic (exact) mass is 314 g/mol. The van der Waals surface area contributed by atoms with Gasteiger partial charge in [0.1, 0.15) is 11.5 Å². The Morgan fingerprint density at radius 3 is 2.63 bits per heavy atom. The van der Waals surface area contributed by atoms with Crippen molar-refractivity contribution < 1.29 is 4.74 Å². The molecule has 0 aliphatic carbocycles. The molecular weight excluding hydrogens is 304 g/mol. The molecular formula is C15H11BrN2O. The van der Waals surface area contributed by atoms with Crippen LogP contribution in [0.3, 0.4) is 0 Å². The average molecular weight is 315 g/mol. The lowest BCUT2D eigenvalue weighted by atomic mass is 10.1. The van der Waals surface area contributed by atoms with Gasteiger partial charge in [-0.05, 0) is 46.3 Å². The van der Waals surface area contributed by atoms with Gasteiger partial charge in [-0.1, -0.05) is 12.1 Å². The van der Waals surface area contributed by atoms with E-state index in [-0.39, 0.29) is 0 Å². The zero-order valence-corrected chi connectivity index (χ0v) is 11.6. The number of halogens is 1. The van der Waals surface area contributed by atoms with E-state index in [9.17, 15) is 0 Å². The number of para-hydroxylation sites is 1. The van der Waals surface area contributed by atoms with Crippen molar-refractivity contribution >= 4 is 32.4 Å². The SMILES string of the molecule is Nc1ccc(Oc2ccccc2Br)c2ccncc12. The van der Waals surface area contributed by atoms with Gasteiger partial charge in [-0.2, -0.15) is 0 Å². The van der Waals surface area contributed by atoms with Crippen molar-refractivity contribution in [2.45, 2.75) is 0 Å². The molecule has 0 spiro atoms. The molecule has 0 atom stereocenters. The van der Waals surface area contributed by atoms with Crippen molar-refractivity contribution in [3.63, 3.8) is 0 Å². The fourth-order valence-electron chi connectivity index (χ4n) is 1.92. The standard InChI is InChI=1S/C15H11BrN2O/c16-12-3-1-2-4-15(12)19-14-6-5-13(17)11-9-18-8-7-10(11)14/h1-9H,17H2. The second kappa shape index (κ2) is 4.90. The first-order valence-corrected chi connectivity index (χ1v) is 6.59. The van der Waals surface area contributed by atoms with Crippen molar-refractivity contribution in [1.29, 1.82) is 0 Å². The van der Waals surface area contributed by atoms with E-state index in [2.05, 4.69) is 20.9 Å². The first-order chi connectivity index (χ1) is 9.25. The number of hydrogen-bond donors (Lipinski definition) is 1. The molecule has 19 heavy (non-hydrogen) atoms. The van der Waals surface area contributed by atoms with E-state index in [1.807, 2.05) is 42.5 Å². The Labute approximate surface area is 119 Å². The van der Waals surface area contributed by atoms with Crippen molar-refractivity contribution in [3.8, 4) is 11.5 Å². The van der Waals surface area contributed by atoms with Crippen molar-refractivity contribution in [1.82, 2.24) is 4.98 Å². The highest BCUT2D eigenvalue weighted by Crippen LogP contribution is 2.35. The first kappa shape index (κ1) is 12.0. The minimum absolute atomic E-state index is 0.697. The lowest BCUT2D eigenvalue weighted by Gasteiger charge is -2.11. The van der Waals surface area contributed by atoms with Crippen LogP contribution in [-0.4, -0.2) is 4.98 Å². The second-order valence-electron chi connectivity index (χ2n) is 4.11. The van der Waals surface area contributed by atoms with Crippen LogP contribution in [0, 0.1) is 0 Å². The summed E-state index contributed by atoms with van der Waals surface area (Å²) >= 11 is 3.47. The van der Waals surface area contributed by atoms with Gasteiger partial charge in [0.2, 0.25) is 0 Å². The Kier molecular flexibility index (Phi) is 3.09. The number of pyridine rings is 1. The van der Waals surface area contributed by atoms with Gasteiger partial charge in [0.15, 0.2) is 0 Å². The van der Waals surface area contributed by atoms with E-state index in [0.29, 0.717) is 5.69 Å². The predicted molar refractivity (Wildman–Crippen MR) is 80.4 cm³/mol. The molecule has 3 rings (SSSR count). The number of nitrogen functional groups attached to an aromatic ring is 1. The summed E-state index contributed by atoms with van der Waals surface area (Å²) in [5.74, 6) is 1.53. The van der Waals surface area contributed by atoms with Crippen LogP contribution in [0.2, 0.25) is 0 Å². The highest BCUT2D eigenvalue weighted by Gasteiger charge is 2.07. The third-order valence-electron chi connectivity index (χ3n) is 2.87. The summed E-state index contributed by atoms with van der Waals surface area (Å²) in [6, 6.07) is 13.3. The van der Waals surface area contributed by atoms with Gasteiger partial charge in [-0.15, -0.1) is 0 Å². The summed E-state index contributed by atoms with van der Waals surface area (Å²) in [7, 11) is 0. The predicted octanol–water partition coefficient (Wildman–Crippen LogP) is 4.37. The van der Waals surface area contributed by atoms with E-state index in [4.69, 9.17) is 10.5 Å². The summed E-state index contributed by atoms with van der Waals surface area (Å²) in [6.45, 7) is 0. The van der Waals surface area contributed by atoms with Crippen LogP contribution < -0.4 is 10.5 Å². The number of hydrogen-bond acceptors (Lipinski definition) is 3. The zero-order valence-electron chi connectivity index (χ0n) is 10.0. The van der Waals surface area contributed by atoms with Gasteiger partial charge >= 0.3 is 0 Å². The van der Waals surface area contributed by atoms with E-state index in [1.54, 1.807) is 12.4 Å². The minimum Gasteiger partial charge on any atom is -0.456 e. The fraction of sp³-hybridized carbons (Fsp3) is 0. The minimum atomic E-state index is 0.697. The van der Waals surface area contributed by atoms with Crippen LogP contribution in [-0.2, 0) is 0 Å². The molecule has 1 heterocycles. The molecule has 0 saturated heterocycles. The number of ether oxygens (including phenoxy) is 1. The van der Waals surface area contributed by atoms with Crippen molar-refractivity contribution in [2.75, 3.05) is 5.73 Å². The van der Waals surface area contributed by atoms with Crippen LogP contribution in [0.5, 0.6) is 11.5 Å². The van der Waals surface area contributed by atoms with E-state index >= 15 is 0 Å². The average Bonchev–Trinajstić information content (AvgIpc) is 2.44. The normalized spacial score (nSPS) is 10.6. The van der Waals surface area contributed by atoms with Crippen LogP contribution in [0.1, 0.15) is 0 Å². The number of aromatic nitrogens is 1. The van der Waals surface area contributed by atoms with Crippen LogP contribution >= 0.6 is 15.9 Å². The van der Waals surface area contributed by atoms with Gasteiger partial charge in [0.05, 0.1) is 4.47 Å². The summed E-state index contributed by atoms with van der Waals surface area (Å²) in [5, 5.41) is 1.85. The molecule has 0 radical (unpaired) electrons. The maximum Gasteiger partial charge on any atom is 0.141 e. The molecule has 4 heteroatoms. The van der Waals surface area contributed by atoms with Crippen LogP contribution in [0.25, 0.3) is 10.8 Å². The van der Waals surface area contributed by atoms with E-state index in [0.717, 1.165) is 26.7 Å². The topological polar surface area (TPSA) is 48.1 Å². The summed E-state index contributed by atoms with van der Waals surface area (Å²) in [6.07, 6.45) is 3.48. The number of anilines is 1. The van der Waals surface area contributed by atoms with Crippen LogP contribution in [0.15, 0.2) is 59.3 Å². The van der Waals surface area contributed by atoms with Crippen molar-refractivity contribution in [3.05, 3.63) is 59.3 Å². The lowest BCUT2D eigenvalue weighted by Crippen LogP contribution is -1.91. The second-order valence-corrected chi connectivity index (χ2v) is 4.96. The fourth-order valence-corrected chi connectivity index (χ4v) is 2.29. The molecule has 2 N–H and O–H groups in total. The molecule has 2 aromatic carbocycles. The molecule has 1 aromatic heterocycles. The maximum atomic E-state index is 5.95. The Morgan fingerprint density at radius 1 is 0.947 bits per heavy atom. The van der Waals surface area contributed by atoms with Gasteiger partial charge in [-0.25, -0.2) is 0 Å². The number of nitrogens with zero attached hydrogens (tertiary/aromatic N) is 1. The maximum absolute atomic E-state index is 5.95. The Morgan fingerprint density at radius 2 is 1.79 bits per heavy atom. The molecule has 0 saturated carbocycles. The Hall–Kier alpha value is -2.07. The number of fused-ring (bicyclic) bond motifs is 1. The summed E-state index contributed by atoms with van der Waals surface area (Å²) in [4.78, 5) is 4.09. The molecule has 3 nitrogen and oxygen atoms in total. The van der Waals surface area contributed by atoms with E-state index < -0.39 is 0 Å². The Bertz CT molecular complexity index is 743. The Balaban J connectivity index is 2.12. The van der Waals surface area contributed by atoms with Gasteiger partial charge < -0.3 is 10.5 Å². The van der Waals surface area contributed by atoms with E-state index in [1.165, 1.54) is 0 Å². The number of benzene rings is 2. The number of nitrogens with two attached hydrogens (primary N) is 1. The molecule has 0 aliphatic heterocycles.